The number of anilines is 3. The molecule has 0 saturated heterocycles. The third kappa shape index (κ3) is 5.19. The lowest BCUT2D eigenvalue weighted by atomic mass is 10.1. The van der Waals surface area contributed by atoms with Gasteiger partial charge in [0.25, 0.3) is 11.9 Å². The van der Waals surface area contributed by atoms with Crippen LogP contribution in [0.1, 0.15) is 39.0 Å². The van der Waals surface area contributed by atoms with Crippen molar-refractivity contribution in [2.24, 2.45) is 0 Å². The molecular weight excluding hydrogens is 470 g/mol. The maximum atomic E-state index is 14.1. The molecule has 0 aliphatic carbocycles. The summed E-state index contributed by atoms with van der Waals surface area (Å²) < 4.78 is 34.0. The van der Waals surface area contributed by atoms with Crippen molar-refractivity contribution in [2.75, 3.05) is 17.2 Å². The van der Waals surface area contributed by atoms with E-state index < -0.39 is 23.5 Å². The van der Waals surface area contributed by atoms with Gasteiger partial charge in [0, 0.05) is 18.0 Å². The molecule has 2 aromatic heterocycles. The number of aryl methyl sites for hydroxylation is 2. The summed E-state index contributed by atoms with van der Waals surface area (Å²) in [5, 5.41) is 9.79. The van der Waals surface area contributed by atoms with E-state index >= 15 is 0 Å². The van der Waals surface area contributed by atoms with Gasteiger partial charge >= 0.3 is 5.97 Å². The van der Waals surface area contributed by atoms with Crippen LogP contribution >= 0.6 is 0 Å². The number of nitrogens with zero attached hydrogens (tertiary/aromatic N) is 4. The van der Waals surface area contributed by atoms with E-state index in [1.165, 1.54) is 16.9 Å². The largest absolute Gasteiger partial charge is 0.462 e. The van der Waals surface area contributed by atoms with Gasteiger partial charge in [-0.15, -0.1) is 0 Å². The number of nitrogens with one attached hydrogen (secondary N) is 2. The summed E-state index contributed by atoms with van der Waals surface area (Å²) in [6.45, 7) is 5.47. The molecule has 9 nitrogen and oxygen atoms in total. The molecule has 36 heavy (non-hydrogen) atoms. The molecule has 0 unspecified atom stereocenters. The third-order valence-corrected chi connectivity index (χ3v) is 5.07. The first-order valence-corrected chi connectivity index (χ1v) is 11.0. The number of esters is 1. The van der Waals surface area contributed by atoms with Gasteiger partial charge in [-0.25, -0.2) is 23.2 Å². The molecule has 0 bridgehead atoms. The highest BCUT2D eigenvalue weighted by atomic mass is 19.1. The second-order valence-corrected chi connectivity index (χ2v) is 7.74. The summed E-state index contributed by atoms with van der Waals surface area (Å²) >= 11 is 0. The van der Waals surface area contributed by atoms with Crippen molar-refractivity contribution in [2.45, 2.75) is 20.8 Å². The number of para-hydroxylation sites is 1. The standard InChI is InChI=1S/C25H22F2N6O3/c1-4-36-24(35)18-13-28-25(33-15(3)11-14(2)32-33)31-22(18)29-20-8-6-5-7-17(20)23(34)30-21-10-9-16(26)12-19(21)27/h5-13H,4H2,1-3H3,(H,30,34)(H,28,29,31). The van der Waals surface area contributed by atoms with Crippen molar-refractivity contribution in [3.05, 3.63) is 88.9 Å². The van der Waals surface area contributed by atoms with E-state index in [-0.39, 0.29) is 40.9 Å². The fourth-order valence-electron chi connectivity index (χ4n) is 3.46. The summed E-state index contributed by atoms with van der Waals surface area (Å²) in [6.07, 6.45) is 1.32. The number of hydrogen-bond acceptors (Lipinski definition) is 7. The molecule has 11 heteroatoms. The predicted molar refractivity (Wildman–Crippen MR) is 129 cm³/mol. The molecule has 2 aromatic carbocycles. The summed E-state index contributed by atoms with van der Waals surface area (Å²) in [7, 11) is 0. The minimum absolute atomic E-state index is 0.0434. The first-order chi connectivity index (χ1) is 17.3. The molecule has 0 saturated carbocycles. The van der Waals surface area contributed by atoms with Crippen LogP contribution in [0.25, 0.3) is 5.95 Å². The maximum absolute atomic E-state index is 14.1. The first kappa shape index (κ1) is 24.5. The van der Waals surface area contributed by atoms with Crippen molar-refractivity contribution < 1.29 is 23.1 Å². The highest BCUT2D eigenvalue weighted by Crippen LogP contribution is 2.25. The van der Waals surface area contributed by atoms with Gasteiger partial charge in [0.05, 0.1) is 29.2 Å². The molecule has 4 aromatic rings. The molecule has 4 rings (SSSR count). The number of amides is 1. The number of ether oxygens (including phenoxy) is 1. The molecule has 184 valence electrons. The monoisotopic (exact) mass is 492 g/mol. The van der Waals surface area contributed by atoms with E-state index in [9.17, 15) is 18.4 Å². The van der Waals surface area contributed by atoms with E-state index in [2.05, 4.69) is 25.7 Å². The van der Waals surface area contributed by atoms with Gasteiger partial charge in [0.15, 0.2) is 5.82 Å². The van der Waals surface area contributed by atoms with Crippen LogP contribution in [0.3, 0.4) is 0 Å². The van der Waals surface area contributed by atoms with Gasteiger partial charge in [-0.3, -0.25) is 4.79 Å². The first-order valence-electron chi connectivity index (χ1n) is 11.0. The van der Waals surface area contributed by atoms with Crippen molar-refractivity contribution in [1.29, 1.82) is 0 Å². The van der Waals surface area contributed by atoms with Crippen LogP contribution < -0.4 is 10.6 Å². The van der Waals surface area contributed by atoms with E-state index in [1.54, 1.807) is 25.1 Å². The summed E-state index contributed by atoms with van der Waals surface area (Å²) in [5.74, 6) is -2.71. The van der Waals surface area contributed by atoms with Crippen molar-refractivity contribution >= 4 is 29.1 Å². The van der Waals surface area contributed by atoms with Crippen molar-refractivity contribution in [1.82, 2.24) is 19.7 Å². The lowest BCUT2D eigenvalue weighted by Gasteiger charge is -2.15. The lowest BCUT2D eigenvalue weighted by molar-refractivity contribution is 0.0526. The van der Waals surface area contributed by atoms with Gasteiger partial charge in [-0.2, -0.15) is 10.1 Å². The average Bonchev–Trinajstić information content (AvgIpc) is 3.19. The number of aromatic nitrogens is 4. The van der Waals surface area contributed by atoms with Gasteiger partial charge < -0.3 is 15.4 Å². The fraction of sp³-hybridized carbons (Fsp3) is 0.160. The van der Waals surface area contributed by atoms with Crippen molar-refractivity contribution in [3.8, 4) is 5.95 Å². The zero-order valence-electron chi connectivity index (χ0n) is 19.7. The van der Waals surface area contributed by atoms with Crippen LogP contribution in [0.4, 0.5) is 26.0 Å². The van der Waals surface area contributed by atoms with Crippen molar-refractivity contribution in [3.63, 3.8) is 0 Å². The van der Waals surface area contributed by atoms with Gasteiger partial charge in [-0.05, 0) is 51.1 Å². The number of carbonyl (C=O) groups is 2. The Bertz CT molecular complexity index is 1450. The Kier molecular flexibility index (Phi) is 7.00. The SMILES string of the molecule is CCOC(=O)c1cnc(-n2nc(C)cc2C)nc1Nc1ccccc1C(=O)Nc1ccc(F)cc1F. The van der Waals surface area contributed by atoms with Crippen LogP contribution in [0, 0.1) is 25.5 Å². The molecule has 1 amide bonds. The van der Waals surface area contributed by atoms with E-state index in [0.717, 1.165) is 23.5 Å². The molecule has 0 radical (unpaired) electrons. The van der Waals surface area contributed by atoms with Gasteiger partial charge in [0.2, 0.25) is 0 Å². The Hall–Kier alpha value is -4.67. The van der Waals surface area contributed by atoms with Crippen LogP contribution in [-0.4, -0.2) is 38.2 Å². The minimum Gasteiger partial charge on any atom is -0.462 e. The zero-order chi connectivity index (χ0) is 25.8. The molecular formula is C25H22F2N6O3. The Labute approximate surface area is 205 Å². The Morgan fingerprint density at radius 3 is 2.50 bits per heavy atom. The lowest BCUT2D eigenvalue weighted by Crippen LogP contribution is -2.17. The van der Waals surface area contributed by atoms with Crippen LogP contribution in [-0.2, 0) is 4.74 Å². The van der Waals surface area contributed by atoms with E-state index in [0.29, 0.717) is 6.07 Å². The Morgan fingerprint density at radius 1 is 1.03 bits per heavy atom. The smallest absolute Gasteiger partial charge is 0.343 e. The fourth-order valence-corrected chi connectivity index (χ4v) is 3.46. The highest BCUT2D eigenvalue weighted by Gasteiger charge is 2.20. The summed E-state index contributed by atoms with van der Waals surface area (Å²) in [4.78, 5) is 34.3. The van der Waals surface area contributed by atoms with Crippen LogP contribution in [0.2, 0.25) is 0 Å². The molecule has 0 fully saturated rings. The Balaban J connectivity index is 1.72. The average molecular weight is 492 g/mol. The van der Waals surface area contributed by atoms with E-state index in [4.69, 9.17) is 4.74 Å². The van der Waals surface area contributed by atoms with Gasteiger partial charge in [-0.1, -0.05) is 12.1 Å². The van der Waals surface area contributed by atoms with Gasteiger partial charge in [0.1, 0.15) is 17.2 Å². The number of benzene rings is 2. The molecule has 0 aliphatic rings. The number of halogens is 2. The number of hydrogen-bond donors (Lipinski definition) is 2. The third-order valence-electron chi connectivity index (χ3n) is 5.07. The Morgan fingerprint density at radius 2 is 1.81 bits per heavy atom. The summed E-state index contributed by atoms with van der Waals surface area (Å²) in [5.41, 5.74) is 1.81. The quantitative estimate of drug-likeness (QED) is 0.359. The van der Waals surface area contributed by atoms with Crippen LogP contribution in [0.5, 0.6) is 0 Å². The second-order valence-electron chi connectivity index (χ2n) is 7.74. The molecule has 0 atom stereocenters. The molecule has 0 aliphatic heterocycles. The zero-order valence-corrected chi connectivity index (χ0v) is 19.7. The molecule has 0 spiro atoms. The minimum atomic E-state index is -0.913. The predicted octanol–water partition coefficient (Wildman–Crippen LogP) is 4.73. The topological polar surface area (TPSA) is 111 Å². The molecule has 2 heterocycles. The molecule has 2 N–H and O–H groups in total. The number of rotatable bonds is 7. The number of carbonyl (C=O) groups excluding carboxylic acids is 2. The highest BCUT2D eigenvalue weighted by molar-refractivity contribution is 6.08. The van der Waals surface area contributed by atoms with Crippen LogP contribution in [0.15, 0.2) is 54.7 Å². The normalized spacial score (nSPS) is 10.7. The summed E-state index contributed by atoms with van der Waals surface area (Å²) in [6, 6.07) is 11.1. The second kappa shape index (κ2) is 10.3. The van der Waals surface area contributed by atoms with E-state index in [1.807, 2.05) is 19.9 Å². The maximum Gasteiger partial charge on any atom is 0.343 e.